The van der Waals surface area contributed by atoms with Crippen molar-refractivity contribution in [1.29, 1.82) is 0 Å². The van der Waals surface area contributed by atoms with Crippen LogP contribution in [0, 0.1) is 0 Å². The Morgan fingerprint density at radius 1 is 0.264 bits per heavy atom. The molecule has 0 radical (unpaired) electrons. The van der Waals surface area contributed by atoms with Crippen LogP contribution in [0.2, 0.25) is 0 Å². The first-order valence-electron chi connectivity index (χ1n) is 38.1. The normalized spacial score (nSPS) is 14.4. The van der Waals surface area contributed by atoms with Crippen LogP contribution in [-0.2, 0) is 76.3 Å². The molecule has 0 aliphatic rings. The first kappa shape index (κ1) is 119. The molecule has 0 aromatic heterocycles. The molecule has 0 saturated heterocycles. The fourth-order valence-electron chi connectivity index (χ4n) is 10.2. The summed E-state index contributed by atoms with van der Waals surface area (Å²) in [6.45, 7) is 40.6. The largest absolute Gasteiger partial charge is 0.468 e. The molecule has 0 rings (SSSR count). The Balaban J connectivity index is -0.000000181. The van der Waals surface area contributed by atoms with Crippen LogP contribution >= 0.6 is 0 Å². The summed E-state index contributed by atoms with van der Waals surface area (Å²) >= 11 is 0. The number of ether oxygens (including phenoxy) is 8. The minimum Gasteiger partial charge on any atom is -0.468 e. The van der Waals surface area contributed by atoms with Gasteiger partial charge in [0, 0.05) is 0 Å². The molecule has 0 bridgehead atoms. The van der Waals surface area contributed by atoms with Crippen molar-refractivity contribution >= 4 is 47.8 Å². The molecule has 0 aromatic carbocycles. The number of allylic oxidation sites excluding steroid dienone is 6. The van der Waals surface area contributed by atoms with Gasteiger partial charge >= 0.3 is 47.8 Å². The van der Waals surface area contributed by atoms with E-state index in [1.165, 1.54) is 69.7 Å². The highest BCUT2D eigenvalue weighted by molar-refractivity contribution is 5.82. The number of esters is 8. The van der Waals surface area contributed by atoms with Crippen LogP contribution in [0.15, 0.2) is 101 Å². The van der Waals surface area contributed by atoms with Gasteiger partial charge in [0.15, 0.2) is 0 Å². The fraction of sp³-hybridized carbons (Fsp3) is 0.721. The van der Waals surface area contributed by atoms with E-state index in [0.717, 1.165) is 128 Å². The van der Waals surface area contributed by atoms with E-state index >= 15 is 0 Å². The van der Waals surface area contributed by atoms with Crippen molar-refractivity contribution in [1.82, 2.24) is 39.2 Å². The van der Waals surface area contributed by atoms with E-state index in [0.29, 0.717) is 12.8 Å². The number of carbonyl (C=O) groups excluding carboxylic acids is 8. The molecule has 8 atom stereocenters. The number of rotatable bonds is 48. The van der Waals surface area contributed by atoms with Gasteiger partial charge < -0.3 is 37.9 Å². The fourth-order valence-corrected chi connectivity index (χ4v) is 10.2. The van der Waals surface area contributed by atoms with Crippen LogP contribution in [0.3, 0.4) is 0 Å². The third-order valence-electron chi connectivity index (χ3n) is 20.1. The minimum atomic E-state index is -0.587. The topological polar surface area (TPSA) is 236 Å². The maximum absolute atomic E-state index is 11.8. The summed E-state index contributed by atoms with van der Waals surface area (Å²) in [6, 6.07) is -0.342. The van der Waals surface area contributed by atoms with Crippen LogP contribution in [0.4, 0.5) is 0 Å². The van der Waals surface area contributed by atoms with Gasteiger partial charge in [-0.25, -0.2) is 0 Å². The van der Waals surface area contributed by atoms with Gasteiger partial charge in [0.1, 0.15) is 45.3 Å². The van der Waals surface area contributed by atoms with Gasteiger partial charge in [-0.05, 0) is 270 Å². The standard InChI is InChI=1S/C14H27NO2.C13H25NO2.C12H23NO2.C11H21NO2.C10H19NO2.2C9H17NO2.C8H15NO2/c1-6-7-8-9-10-11-12-14(2,15(3)4)13(16)17-5;1-6-7-8-9-10-11-13(2,14(3)4)12(15)16-5;1-6-7-8-9-10-12(2,13(3)4)11(14)15-5;1-6-7-8-9-11(2,12(3)4)10(13)14-5;1-6-7-8-10(2,11(3)4)9(12)13-5;1-6-7-9(2,10(3)4)8(11)12-5;1-5-6-7-8(10(2)3)9(11)12-4;1-5-6-7(9(2)3)8(10)11-4/h6H,1,7-12H2,2-5H3;6H,1,7-11H2,2-5H3;6H,1,7-10H2,2-5H3;6H,1,7-9H2,2-5H3;6H,1,7-8H2,2-5H3;6H,1,7H2,2-5H3;5,8H,1,6-7H2,2-4H3;5,7H,1,6H2,2-4H3. The van der Waals surface area contributed by atoms with Crippen molar-refractivity contribution in [2.75, 3.05) is 170 Å². The summed E-state index contributed by atoms with van der Waals surface area (Å²) in [5.74, 6) is -1.45. The molecule has 0 spiro atoms. The zero-order chi connectivity index (χ0) is 87.7. The molecule has 8 unspecified atom stereocenters. The van der Waals surface area contributed by atoms with Gasteiger partial charge in [0.05, 0.1) is 56.9 Å². The molecule has 110 heavy (non-hydrogen) atoms. The van der Waals surface area contributed by atoms with E-state index in [1.54, 1.807) is 18.2 Å². The quantitative estimate of drug-likeness (QED) is 0.0238. The summed E-state index contributed by atoms with van der Waals surface area (Å²) in [6.07, 6.45) is 37.4. The Morgan fingerprint density at radius 2 is 0.491 bits per heavy atom. The molecule has 0 aliphatic heterocycles. The van der Waals surface area contributed by atoms with Gasteiger partial charge in [-0.1, -0.05) is 87.1 Å². The maximum Gasteiger partial charge on any atom is 0.326 e. The lowest BCUT2D eigenvalue weighted by molar-refractivity contribution is -0.154. The second kappa shape index (κ2) is 69.1. The van der Waals surface area contributed by atoms with E-state index in [-0.39, 0.29) is 59.8 Å². The predicted molar refractivity (Wildman–Crippen MR) is 456 cm³/mol. The van der Waals surface area contributed by atoms with Gasteiger partial charge in [0.2, 0.25) is 0 Å². The van der Waals surface area contributed by atoms with Crippen molar-refractivity contribution < 1.29 is 76.3 Å². The average molecular weight is 1570 g/mol. The lowest BCUT2D eigenvalue weighted by Crippen LogP contribution is -2.49. The first-order chi connectivity index (χ1) is 51.2. The van der Waals surface area contributed by atoms with Crippen LogP contribution < -0.4 is 0 Å². The Labute approximate surface area is 672 Å². The van der Waals surface area contributed by atoms with Crippen molar-refractivity contribution in [3.8, 4) is 0 Å². The SMILES string of the molecule is C=CCC(C(=O)OC)N(C)C.C=CCC(C)(C(=O)OC)N(C)C.C=CCCC(C(=O)OC)N(C)C.C=CCCC(C)(C(=O)OC)N(C)C.C=CCCCC(C)(C(=O)OC)N(C)C.C=CCCCCC(C)(C(=O)OC)N(C)C.C=CCCCCCC(C)(C(=O)OC)N(C)C.C=CCCCCCCC(C)(C(=O)OC)N(C)C. The molecule has 0 aliphatic carbocycles. The van der Waals surface area contributed by atoms with E-state index in [9.17, 15) is 38.4 Å². The minimum absolute atomic E-state index is 0.145. The molecule has 0 fully saturated rings. The Kier molecular flexibility index (Phi) is 74.8. The Hall–Kier alpha value is -6.64. The third kappa shape index (κ3) is 49.7. The predicted octanol–water partition coefficient (Wildman–Crippen LogP) is 13.9. The van der Waals surface area contributed by atoms with Crippen LogP contribution in [0.1, 0.15) is 196 Å². The van der Waals surface area contributed by atoms with Gasteiger partial charge in [-0.15, -0.1) is 52.6 Å². The van der Waals surface area contributed by atoms with Crippen LogP contribution in [0.5, 0.6) is 0 Å². The molecule has 0 amide bonds. The molecule has 0 aromatic rings. The lowest BCUT2D eigenvalue weighted by atomic mass is 9.92. The monoisotopic (exact) mass is 1570 g/mol. The third-order valence-corrected chi connectivity index (χ3v) is 20.1. The number of unbranched alkanes of at least 4 members (excludes halogenated alkanes) is 10. The van der Waals surface area contributed by atoms with E-state index in [2.05, 4.69) is 62.1 Å². The van der Waals surface area contributed by atoms with Gasteiger partial charge in [0.25, 0.3) is 0 Å². The van der Waals surface area contributed by atoms with E-state index in [1.807, 2.05) is 224 Å². The second-order valence-corrected chi connectivity index (χ2v) is 29.5. The van der Waals surface area contributed by atoms with Gasteiger partial charge in [-0.2, -0.15) is 0 Å². The smallest absolute Gasteiger partial charge is 0.326 e. The number of likely N-dealkylation sites (N-methyl/N-ethyl adjacent to an activating group) is 8. The summed E-state index contributed by atoms with van der Waals surface area (Å²) in [5.41, 5.74) is -3.14. The number of hydrogen-bond donors (Lipinski definition) is 0. The summed E-state index contributed by atoms with van der Waals surface area (Å²) < 4.78 is 38.1. The molecular formula is C86H164N8O16. The second-order valence-electron chi connectivity index (χ2n) is 29.5. The van der Waals surface area contributed by atoms with Crippen LogP contribution in [0.25, 0.3) is 0 Å². The van der Waals surface area contributed by atoms with E-state index in [4.69, 9.17) is 28.4 Å². The number of methoxy groups -OCH3 is 8. The first-order valence-corrected chi connectivity index (χ1v) is 38.1. The van der Waals surface area contributed by atoms with Crippen molar-refractivity contribution in [3.63, 3.8) is 0 Å². The van der Waals surface area contributed by atoms with Gasteiger partial charge in [-0.3, -0.25) is 77.6 Å². The summed E-state index contributed by atoms with van der Waals surface area (Å²) in [7, 11) is 41.5. The number of hydrogen-bond acceptors (Lipinski definition) is 24. The molecule has 0 saturated carbocycles. The lowest BCUT2D eigenvalue weighted by Gasteiger charge is -2.33. The van der Waals surface area contributed by atoms with Crippen molar-refractivity contribution in [2.45, 2.75) is 241 Å². The van der Waals surface area contributed by atoms with Crippen molar-refractivity contribution in [2.24, 2.45) is 0 Å². The number of carbonyl (C=O) groups is 8. The van der Waals surface area contributed by atoms with Crippen LogP contribution in [-0.4, -0.2) is 302 Å². The van der Waals surface area contributed by atoms with E-state index < -0.39 is 33.2 Å². The Bertz CT molecular complexity index is 2560. The molecule has 0 N–H and O–H groups in total. The summed E-state index contributed by atoms with van der Waals surface area (Å²) in [4.78, 5) is 107. The number of nitrogens with zero attached hydrogens (tertiary/aromatic N) is 8. The molecule has 24 nitrogen and oxygen atoms in total. The molecular weight excluding hydrogens is 1400 g/mol. The molecule has 0 heterocycles. The molecule has 24 heteroatoms. The Morgan fingerprint density at radius 3 is 0.736 bits per heavy atom. The van der Waals surface area contributed by atoms with Crippen molar-refractivity contribution in [3.05, 3.63) is 101 Å². The molecule has 644 valence electrons. The zero-order valence-corrected chi connectivity index (χ0v) is 75.5. The zero-order valence-electron chi connectivity index (χ0n) is 75.5. The highest BCUT2D eigenvalue weighted by Gasteiger charge is 2.40. The summed E-state index contributed by atoms with van der Waals surface area (Å²) in [5, 5.41) is 0. The highest BCUT2D eigenvalue weighted by atomic mass is 16.6. The maximum atomic E-state index is 11.8. The highest BCUT2D eigenvalue weighted by Crippen LogP contribution is 2.27. The average Bonchev–Trinajstić information content (AvgIpc) is 0.873.